The van der Waals surface area contributed by atoms with Gasteiger partial charge in [0.25, 0.3) is 0 Å². The first-order valence-corrected chi connectivity index (χ1v) is 5.37. The molecule has 0 aliphatic heterocycles. The van der Waals surface area contributed by atoms with Crippen LogP contribution in [0.5, 0.6) is 0 Å². The molecule has 1 rings (SSSR count). The van der Waals surface area contributed by atoms with Crippen molar-refractivity contribution < 1.29 is 5.11 Å². The second-order valence-electron chi connectivity index (χ2n) is 4.19. The molecule has 1 N–H and O–H groups in total. The molecule has 0 aromatic heterocycles. The highest BCUT2D eigenvalue weighted by atomic mass is 32.2. The SMILES string of the molecule is C=C(O)c1cccc(SC(C)(C)C)c1. The molecule has 0 bridgehead atoms. The lowest BCUT2D eigenvalue weighted by Gasteiger charge is -2.17. The van der Waals surface area contributed by atoms with Gasteiger partial charge in [0.1, 0.15) is 5.76 Å². The normalized spacial score (nSPS) is 11.4. The minimum absolute atomic E-state index is 0.126. The van der Waals surface area contributed by atoms with E-state index >= 15 is 0 Å². The molecular weight excluding hydrogens is 192 g/mol. The van der Waals surface area contributed by atoms with Crippen LogP contribution in [0.3, 0.4) is 0 Å². The fourth-order valence-corrected chi connectivity index (χ4v) is 2.13. The van der Waals surface area contributed by atoms with Gasteiger partial charge >= 0.3 is 0 Å². The molecule has 2 heteroatoms. The van der Waals surface area contributed by atoms with E-state index in [0.717, 1.165) is 10.5 Å². The molecule has 0 unspecified atom stereocenters. The molecule has 0 atom stereocenters. The largest absolute Gasteiger partial charge is 0.508 e. The maximum absolute atomic E-state index is 9.24. The van der Waals surface area contributed by atoms with E-state index in [1.807, 2.05) is 24.3 Å². The number of hydrogen-bond acceptors (Lipinski definition) is 2. The van der Waals surface area contributed by atoms with Crippen molar-refractivity contribution in [1.82, 2.24) is 0 Å². The Kier molecular flexibility index (Phi) is 3.27. The Bertz CT molecular complexity index is 336. The van der Waals surface area contributed by atoms with Crippen LogP contribution in [0.1, 0.15) is 26.3 Å². The number of rotatable bonds is 2. The fourth-order valence-electron chi connectivity index (χ4n) is 1.09. The van der Waals surface area contributed by atoms with Gasteiger partial charge in [0.15, 0.2) is 0 Å². The molecule has 0 aliphatic carbocycles. The summed E-state index contributed by atoms with van der Waals surface area (Å²) < 4.78 is 0.190. The zero-order valence-electron chi connectivity index (χ0n) is 8.87. The van der Waals surface area contributed by atoms with Crippen molar-refractivity contribution in [3.8, 4) is 0 Å². The summed E-state index contributed by atoms with van der Waals surface area (Å²) in [7, 11) is 0. The van der Waals surface area contributed by atoms with E-state index in [1.54, 1.807) is 11.8 Å². The second kappa shape index (κ2) is 4.09. The zero-order valence-corrected chi connectivity index (χ0v) is 9.69. The highest BCUT2D eigenvalue weighted by molar-refractivity contribution is 8.00. The van der Waals surface area contributed by atoms with Gasteiger partial charge < -0.3 is 5.11 Å². The van der Waals surface area contributed by atoms with Gasteiger partial charge in [-0.1, -0.05) is 39.5 Å². The summed E-state index contributed by atoms with van der Waals surface area (Å²) in [5.41, 5.74) is 0.791. The predicted molar refractivity (Wildman–Crippen MR) is 63.7 cm³/mol. The average Bonchev–Trinajstić information content (AvgIpc) is 2.01. The van der Waals surface area contributed by atoms with E-state index in [2.05, 4.69) is 27.4 Å². The van der Waals surface area contributed by atoms with Gasteiger partial charge in [0.05, 0.1) is 0 Å². The topological polar surface area (TPSA) is 20.2 Å². The molecule has 14 heavy (non-hydrogen) atoms. The maximum atomic E-state index is 9.24. The minimum atomic E-state index is 0.126. The molecular formula is C12H16OS. The van der Waals surface area contributed by atoms with Crippen molar-refractivity contribution in [3.05, 3.63) is 36.4 Å². The van der Waals surface area contributed by atoms with Crippen LogP contribution in [0.2, 0.25) is 0 Å². The van der Waals surface area contributed by atoms with Crippen LogP contribution in [-0.2, 0) is 0 Å². The van der Waals surface area contributed by atoms with Crippen LogP contribution in [0.4, 0.5) is 0 Å². The Hall–Kier alpha value is -0.890. The number of benzene rings is 1. The summed E-state index contributed by atoms with van der Waals surface area (Å²) in [6, 6.07) is 7.79. The van der Waals surface area contributed by atoms with Crippen molar-refractivity contribution in [2.45, 2.75) is 30.4 Å². The molecule has 1 aromatic rings. The van der Waals surface area contributed by atoms with Gasteiger partial charge in [-0.05, 0) is 12.1 Å². The van der Waals surface area contributed by atoms with Crippen molar-refractivity contribution in [2.75, 3.05) is 0 Å². The van der Waals surface area contributed by atoms with Crippen LogP contribution < -0.4 is 0 Å². The van der Waals surface area contributed by atoms with E-state index in [-0.39, 0.29) is 10.5 Å². The van der Waals surface area contributed by atoms with Crippen molar-refractivity contribution in [2.24, 2.45) is 0 Å². The first-order valence-electron chi connectivity index (χ1n) is 4.56. The highest BCUT2D eigenvalue weighted by Gasteiger charge is 2.12. The molecule has 0 saturated heterocycles. The number of aliphatic hydroxyl groups is 1. The quantitative estimate of drug-likeness (QED) is 0.583. The summed E-state index contributed by atoms with van der Waals surface area (Å²) in [6.45, 7) is 10.0. The molecule has 0 aliphatic rings. The first-order chi connectivity index (χ1) is 6.38. The van der Waals surface area contributed by atoms with Gasteiger partial charge in [-0.15, -0.1) is 11.8 Å². The smallest absolute Gasteiger partial charge is 0.115 e. The molecule has 0 fully saturated rings. The lowest BCUT2D eigenvalue weighted by molar-refractivity contribution is 0.513. The molecule has 0 saturated carbocycles. The average molecular weight is 208 g/mol. The number of hydrogen-bond donors (Lipinski definition) is 1. The summed E-state index contributed by atoms with van der Waals surface area (Å²) in [5.74, 6) is 0.126. The molecule has 0 radical (unpaired) electrons. The molecule has 76 valence electrons. The Morgan fingerprint density at radius 3 is 2.50 bits per heavy atom. The predicted octanol–water partition coefficient (Wildman–Crippen LogP) is 4.11. The lowest BCUT2D eigenvalue weighted by atomic mass is 10.2. The molecule has 0 amide bonds. The van der Waals surface area contributed by atoms with E-state index in [9.17, 15) is 5.11 Å². The van der Waals surface area contributed by atoms with Crippen molar-refractivity contribution in [1.29, 1.82) is 0 Å². The second-order valence-corrected chi connectivity index (χ2v) is 6.09. The van der Waals surface area contributed by atoms with Gasteiger partial charge in [-0.3, -0.25) is 0 Å². The van der Waals surface area contributed by atoms with Crippen LogP contribution in [0.15, 0.2) is 35.7 Å². The maximum Gasteiger partial charge on any atom is 0.115 e. The van der Waals surface area contributed by atoms with Crippen LogP contribution in [0.25, 0.3) is 5.76 Å². The number of thioether (sulfide) groups is 1. The Morgan fingerprint density at radius 2 is 2.00 bits per heavy atom. The molecule has 0 spiro atoms. The Morgan fingerprint density at radius 1 is 1.36 bits per heavy atom. The summed E-state index contributed by atoms with van der Waals surface area (Å²) >= 11 is 1.78. The van der Waals surface area contributed by atoms with Gasteiger partial charge in [0, 0.05) is 15.2 Å². The summed E-state index contributed by atoms with van der Waals surface area (Å²) in [4.78, 5) is 1.16. The summed E-state index contributed by atoms with van der Waals surface area (Å²) in [6.07, 6.45) is 0. The monoisotopic (exact) mass is 208 g/mol. The third kappa shape index (κ3) is 3.46. The van der Waals surface area contributed by atoms with E-state index < -0.39 is 0 Å². The van der Waals surface area contributed by atoms with Gasteiger partial charge in [-0.2, -0.15) is 0 Å². The van der Waals surface area contributed by atoms with E-state index in [1.165, 1.54) is 0 Å². The van der Waals surface area contributed by atoms with Crippen LogP contribution in [-0.4, -0.2) is 9.85 Å². The third-order valence-corrected chi connectivity index (χ3v) is 2.69. The van der Waals surface area contributed by atoms with Crippen molar-refractivity contribution >= 4 is 17.5 Å². The minimum Gasteiger partial charge on any atom is -0.508 e. The Balaban J connectivity index is 2.89. The first kappa shape index (κ1) is 11.2. The molecule has 1 aromatic carbocycles. The molecule has 1 nitrogen and oxygen atoms in total. The standard InChI is InChI=1S/C12H16OS/c1-9(13)10-6-5-7-11(8-10)14-12(2,3)4/h5-8,13H,1H2,2-4H3. The lowest BCUT2D eigenvalue weighted by Crippen LogP contribution is -2.06. The third-order valence-electron chi connectivity index (χ3n) is 1.59. The van der Waals surface area contributed by atoms with Crippen molar-refractivity contribution in [3.63, 3.8) is 0 Å². The van der Waals surface area contributed by atoms with Crippen LogP contribution >= 0.6 is 11.8 Å². The van der Waals surface area contributed by atoms with Gasteiger partial charge in [0.2, 0.25) is 0 Å². The molecule has 0 heterocycles. The number of aliphatic hydroxyl groups excluding tert-OH is 1. The zero-order chi connectivity index (χ0) is 10.8. The fraction of sp³-hybridized carbons (Fsp3) is 0.333. The van der Waals surface area contributed by atoms with Crippen LogP contribution in [0, 0.1) is 0 Å². The highest BCUT2D eigenvalue weighted by Crippen LogP contribution is 2.32. The Labute approximate surface area is 89.8 Å². The van der Waals surface area contributed by atoms with E-state index in [4.69, 9.17) is 0 Å². The van der Waals surface area contributed by atoms with Gasteiger partial charge in [-0.25, -0.2) is 0 Å². The summed E-state index contributed by atoms with van der Waals surface area (Å²) in [5, 5.41) is 9.24. The van der Waals surface area contributed by atoms with E-state index in [0.29, 0.717) is 0 Å².